The maximum absolute atomic E-state index is 13.4. The highest BCUT2D eigenvalue weighted by atomic mass is 16.5. The van der Waals surface area contributed by atoms with Gasteiger partial charge in [0.1, 0.15) is 18.7 Å². The van der Waals surface area contributed by atoms with Gasteiger partial charge in [0, 0.05) is 37.3 Å². The van der Waals surface area contributed by atoms with Crippen LogP contribution in [-0.4, -0.2) is 71.6 Å². The summed E-state index contributed by atoms with van der Waals surface area (Å²) in [7, 11) is 0. The molecular formula is C36H46N6O8. The number of anilines is 1. The Morgan fingerprint density at radius 1 is 0.800 bits per heavy atom. The van der Waals surface area contributed by atoms with Crippen LogP contribution >= 0.6 is 0 Å². The number of carbonyl (C=O) groups is 7. The van der Waals surface area contributed by atoms with Crippen LogP contribution in [0, 0.1) is 5.92 Å². The molecule has 1 heterocycles. The van der Waals surface area contributed by atoms with Gasteiger partial charge in [0.05, 0.1) is 6.42 Å². The van der Waals surface area contributed by atoms with E-state index in [-0.39, 0.29) is 68.6 Å². The third kappa shape index (κ3) is 13.5. The van der Waals surface area contributed by atoms with Crippen LogP contribution in [0.4, 0.5) is 10.5 Å². The molecule has 268 valence electrons. The van der Waals surface area contributed by atoms with E-state index >= 15 is 0 Å². The average molecular weight is 691 g/mol. The molecular weight excluding hydrogens is 644 g/mol. The highest BCUT2D eigenvalue weighted by molar-refractivity contribution is 6.12. The predicted octanol–water partition coefficient (Wildman–Crippen LogP) is 2.47. The molecule has 0 aliphatic carbocycles. The first-order chi connectivity index (χ1) is 23.9. The number of imide groups is 1. The molecule has 0 fully saturated rings. The van der Waals surface area contributed by atoms with Crippen LogP contribution in [0.25, 0.3) is 0 Å². The molecule has 1 aliphatic rings. The van der Waals surface area contributed by atoms with Crippen molar-refractivity contribution < 1.29 is 38.3 Å². The van der Waals surface area contributed by atoms with Crippen LogP contribution in [0.15, 0.2) is 66.7 Å². The third-order valence-electron chi connectivity index (χ3n) is 7.87. The fourth-order valence-corrected chi connectivity index (χ4v) is 5.10. The predicted molar refractivity (Wildman–Crippen MR) is 185 cm³/mol. The second kappa shape index (κ2) is 20.1. The van der Waals surface area contributed by atoms with Gasteiger partial charge in [0.2, 0.25) is 17.7 Å². The smallest absolute Gasteiger partial charge is 0.312 e. The SMILES string of the molecule is CC(C)C(NC(=O)CCCCCN1C(=O)C=CC1=O)C(=O)N[C@@H](CCCNC(N)=O)C(=O)Nc1ccc(COC(=O)Cc2ccccc2)cc1. The molecule has 3 rings (SSSR count). The molecule has 1 aliphatic heterocycles. The minimum atomic E-state index is -1.00. The first-order valence-electron chi connectivity index (χ1n) is 16.7. The summed E-state index contributed by atoms with van der Waals surface area (Å²) in [6.45, 7) is 4.07. The third-order valence-corrected chi connectivity index (χ3v) is 7.87. The second-order valence-corrected chi connectivity index (χ2v) is 12.3. The molecule has 0 saturated carbocycles. The van der Waals surface area contributed by atoms with Gasteiger partial charge in [-0.3, -0.25) is 33.7 Å². The largest absolute Gasteiger partial charge is 0.461 e. The molecule has 14 nitrogen and oxygen atoms in total. The molecule has 2 aromatic carbocycles. The number of benzene rings is 2. The first kappa shape index (κ1) is 38.9. The summed E-state index contributed by atoms with van der Waals surface area (Å²) in [6, 6.07) is 13.4. The summed E-state index contributed by atoms with van der Waals surface area (Å²) in [5.74, 6) is -2.73. The molecule has 0 aromatic heterocycles. The summed E-state index contributed by atoms with van der Waals surface area (Å²) in [6.07, 6.45) is 4.90. The van der Waals surface area contributed by atoms with Crippen molar-refractivity contribution in [3.05, 3.63) is 77.9 Å². The van der Waals surface area contributed by atoms with Crippen molar-refractivity contribution in [3.63, 3.8) is 0 Å². The van der Waals surface area contributed by atoms with E-state index in [1.807, 2.05) is 30.3 Å². The van der Waals surface area contributed by atoms with Gasteiger partial charge in [0.25, 0.3) is 11.8 Å². The molecule has 0 radical (unpaired) electrons. The zero-order valence-corrected chi connectivity index (χ0v) is 28.4. The van der Waals surface area contributed by atoms with Crippen LogP contribution in [-0.2, 0) is 46.5 Å². The van der Waals surface area contributed by atoms with Crippen LogP contribution in [0.2, 0.25) is 0 Å². The number of amides is 7. The lowest BCUT2D eigenvalue weighted by Crippen LogP contribution is -2.54. The van der Waals surface area contributed by atoms with Crippen molar-refractivity contribution >= 4 is 47.2 Å². The van der Waals surface area contributed by atoms with Gasteiger partial charge in [-0.1, -0.05) is 62.7 Å². The Morgan fingerprint density at radius 2 is 1.48 bits per heavy atom. The van der Waals surface area contributed by atoms with E-state index in [0.717, 1.165) is 16.0 Å². The lowest BCUT2D eigenvalue weighted by atomic mass is 10.0. The Hall–Kier alpha value is -5.53. The molecule has 0 saturated heterocycles. The van der Waals surface area contributed by atoms with Gasteiger partial charge in [0.15, 0.2) is 0 Å². The van der Waals surface area contributed by atoms with E-state index in [9.17, 15) is 33.6 Å². The monoisotopic (exact) mass is 690 g/mol. The minimum Gasteiger partial charge on any atom is -0.461 e. The van der Waals surface area contributed by atoms with Gasteiger partial charge in [-0.15, -0.1) is 0 Å². The number of ether oxygens (including phenoxy) is 1. The van der Waals surface area contributed by atoms with Gasteiger partial charge < -0.3 is 31.7 Å². The van der Waals surface area contributed by atoms with Crippen molar-refractivity contribution in [3.8, 4) is 0 Å². The zero-order chi connectivity index (χ0) is 36.5. The normalized spacial score (nSPS) is 13.5. The van der Waals surface area contributed by atoms with Gasteiger partial charge >= 0.3 is 12.0 Å². The standard InChI is InChI=1S/C36H46N6O8/c1-24(2)33(41-29(43)13-7-4-8-21-42-30(44)18-19-31(42)45)35(48)40-28(12-9-20-38-36(37)49)34(47)39-27-16-14-26(15-17-27)23-50-32(46)22-25-10-5-3-6-11-25/h3,5-6,10-11,14-19,24,28,33H,4,7-9,12-13,20-23H2,1-2H3,(H,39,47)(H,40,48)(H,41,43)(H3,37,38,49)/t28-,33?/m0/s1. The second-order valence-electron chi connectivity index (χ2n) is 12.3. The Morgan fingerprint density at radius 3 is 2.12 bits per heavy atom. The van der Waals surface area contributed by atoms with Gasteiger partial charge in [-0.05, 0) is 54.9 Å². The molecule has 2 atom stereocenters. The maximum atomic E-state index is 13.4. The van der Waals surface area contributed by atoms with Crippen molar-refractivity contribution in [2.45, 2.75) is 77.5 Å². The fourth-order valence-electron chi connectivity index (χ4n) is 5.10. The number of hydrogen-bond donors (Lipinski definition) is 5. The van der Waals surface area contributed by atoms with Crippen LogP contribution in [0.5, 0.6) is 0 Å². The molecule has 0 spiro atoms. The summed E-state index contributed by atoms with van der Waals surface area (Å²) < 4.78 is 5.37. The minimum absolute atomic E-state index is 0.0616. The Labute approximate surface area is 291 Å². The fraction of sp³-hybridized carbons (Fsp3) is 0.417. The topological polar surface area (TPSA) is 206 Å². The number of unbranched alkanes of at least 4 members (excludes halogenated alkanes) is 2. The van der Waals surface area contributed by atoms with Gasteiger partial charge in [-0.25, -0.2) is 4.79 Å². The number of rotatable bonds is 20. The summed E-state index contributed by atoms with van der Waals surface area (Å²) in [4.78, 5) is 87.3. The van der Waals surface area contributed by atoms with Crippen LogP contribution < -0.4 is 27.0 Å². The Bertz CT molecular complexity index is 1510. The number of urea groups is 1. The molecule has 7 amide bonds. The summed E-state index contributed by atoms with van der Waals surface area (Å²) in [5, 5.41) is 10.8. The molecule has 14 heteroatoms. The average Bonchev–Trinajstić information content (AvgIpc) is 3.40. The van der Waals surface area contributed by atoms with Crippen molar-refractivity contribution in [2.75, 3.05) is 18.4 Å². The number of hydrogen-bond acceptors (Lipinski definition) is 8. The number of nitrogens with zero attached hydrogens (tertiary/aromatic N) is 1. The highest BCUT2D eigenvalue weighted by Crippen LogP contribution is 2.14. The molecule has 50 heavy (non-hydrogen) atoms. The van der Waals surface area contributed by atoms with E-state index < -0.39 is 29.9 Å². The van der Waals surface area contributed by atoms with Crippen molar-refractivity contribution in [1.29, 1.82) is 0 Å². The molecule has 2 aromatic rings. The number of nitrogens with one attached hydrogen (secondary N) is 4. The maximum Gasteiger partial charge on any atom is 0.312 e. The van der Waals surface area contributed by atoms with Crippen LogP contribution in [0.1, 0.15) is 63.5 Å². The Kier molecular flexibility index (Phi) is 15.6. The highest BCUT2D eigenvalue weighted by Gasteiger charge is 2.29. The number of esters is 1. The van der Waals surface area contributed by atoms with E-state index in [1.165, 1.54) is 12.2 Å². The van der Waals surface area contributed by atoms with Gasteiger partial charge in [-0.2, -0.15) is 0 Å². The van der Waals surface area contributed by atoms with E-state index in [4.69, 9.17) is 10.5 Å². The summed E-state index contributed by atoms with van der Waals surface area (Å²) in [5.41, 5.74) is 7.17. The van der Waals surface area contributed by atoms with Crippen molar-refractivity contribution in [2.24, 2.45) is 11.7 Å². The van der Waals surface area contributed by atoms with E-state index in [1.54, 1.807) is 38.1 Å². The molecule has 6 N–H and O–H groups in total. The van der Waals surface area contributed by atoms with Crippen molar-refractivity contribution in [1.82, 2.24) is 20.9 Å². The quantitative estimate of drug-likeness (QED) is 0.0791. The van der Waals surface area contributed by atoms with E-state index in [0.29, 0.717) is 31.4 Å². The lowest BCUT2D eigenvalue weighted by Gasteiger charge is -2.25. The number of primary amides is 1. The molecule has 1 unspecified atom stereocenters. The molecule has 0 bridgehead atoms. The van der Waals surface area contributed by atoms with Crippen LogP contribution in [0.3, 0.4) is 0 Å². The summed E-state index contributed by atoms with van der Waals surface area (Å²) >= 11 is 0. The van der Waals surface area contributed by atoms with E-state index in [2.05, 4.69) is 21.3 Å². The zero-order valence-electron chi connectivity index (χ0n) is 28.4. The lowest BCUT2D eigenvalue weighted by molar-refractivity contribution is -0.144. The Balaban J connectivity index is 1.52. The first-order valence-corrected chi connectivity index (χ1v) is 16.7. The number of carbonyl (C=O) groups excluding carboxylic acids is 7. The number of nitrogens with two attached hydrogens (primary N) is 1.